The number of benzene rings is 1. The first-order valence-corrected chi connectivity index (χ1v) is 9.31. The lowest BCUT2D eigenvalue weighted by atomic mass is 10.1. The van der Waals surface area contributed by atoms with Gasteiger partial charge < -0.3 is 14.2 Å². The van der Waals surface area contributed by atoms with Gasteiger partial charge in [0.15, 0.2) is 0 Å². The van der Waals surface area contributed by atoms with E-state index < -0.39 is 45.4 Å². The van der Waals surface area contributed by atoms with Crippen LogP contribution in [0.5, 0.6) is 0 Å². The average molecular weight is 436 g/mol. The molecule has 6 nitrogen and oxygen atoms in total. The Hall–Kier alpha value is -2.02. The monoisotopic (exact) mass is 436 g/mol. The average Bonchev–Trinajstić information content (AvgIpc) is 2.52. The predicted octanol–water partition coefficient (Wildman–Crippen LogP) is 3.10. The van der Waals surface area contributed by atoms with E-state index in [1.807, 2.05) is 0 Å². The minimum atomic E-state index is -6.40. The van der Waals surface area contributed by atoms with Crippen molar-refractivity contribution in [3.8, 4) is 0 Å². The van der Waals surface area contributed by atoms with Crippen LogP contribution < -0.4 is 4.90 Å². The van der Waals surface area contributed by atoms with E-state index in [0.717, 1.165) is 12.1 Å². The van der Waals surface area contributed by atoms with Crippen LogP contribution in [-0.4, -0.2) is 55.7 Å². The van der Waals surface area contributed by atoms with Crippen molar-refractivity contribution in [3.63, 3.8) is 0 Å². The molecule has 0 spiro atoms. The van der Waals surface area contributed by atoms with Gasteiger partial charge in [0.1, 0.15) is 0 Å². The summed E-state index contributed by atoms with van der Waals surface area (Å²) in [6, 6.07) is 4.41. The number of carbonyl (C=O) groups is 1. The molecule has 0 aliphatic carbocycles. The van der Waals surface area contributed by atoms with Crippen molar-refractivity contribution >= 4 is 21.8 Å². The zero-order valence-corrected chi connectivity index (χ0v) is 15.4. The van der Waals surface area contributed by atoms with Crippen molar-refractivity contribution < 1.29 is 48.8 Å². The second-order valence-corrected chi connectivity index (χ2v) is 7.04. The van der Waals surface area contributed by atoms with Crippen LogP contribution in [0.2, 0.25) is 0 Å². The maximum absolute atomic E-state index is 13.1. The van der Waals surface area contributed by atoms with Crippen LogP contribution in [0, 0.1) is 0 Å². The number of esters is 1. The Kier molecular flexibility index (Phi) is 6.99. The topological polar surface area (TPSA) is 86.7 Å². The van der Waals surface area contributed by atoms with Crippen LogP contribution in [0.15, 0.2) is 24.3 Å². The molecule has 0 bridgehead atoms. The number of carbonyl (C=O) groups excluding carboxylic acids is 1. The number of halogens is 6. The van der Waals surface area contributed by atoms with Crippen molar-refractivity contribution in [1.82, 2.24) is 0 Å². The van der Waals surface area contributed by atoms with Gasteiger partial charge in [0, 0.05) is 18.8 Å². The molecule has 0 radical (unpaired) electrons. The molecular weight excluding hydrogens is 420 g/mol. The number of anilines is 1. The Morgan fingerprint density at radius 3 is 1.75 bits per heavy atom. The lowest BCUT2D eigenvalue weighted by Crippen LogP contribution is -2.63. The zero-order valence-electron chi connectivity index (χ0n) is 14.6. The van der Waals surface area contributed by atoms with Gasteiger partial charge in [0.05, 0.1) is 21.4 Å². The number of hydrogen-bond donors (Lipinski definition) is 0. The van der Waals surface area contributed by atoms with Crippen molar-refractivity contribution in [2.45, 2.75) is 31.8 Å². The first-order valence-electron chi connectivity index (χ1n) is 7.73. The second-order valence-electron chi connectivity index (χ2n) is 5.63. The number of hydrogen-bond acceptors (Lipinski definition) is 6. The highest BCUT2D eigenvalue weighted by Gasteiger charge is 2.75. The number of nitrogens with zero attached hydrogens (tertiary/aromatic N) is 1. The van der Waals surface area contributed by atoms with E-state index in [1.54, 1.807) is 18.7 Å². The minimum absolute atomic E-state index is 0.543. The lowest BCUT2D eigenvalue weighted by molar-refractivity contribution is -0.356. The first-order chi connectivity index (χ1) is 12.6. The zero-order chi connectivity index (χ0) is 22.0. The molecule has 0 aliphatic rings. The Balaban J connectivity index is 3.34. The molecule has 28 heavy (non-hydrogen) atoms. The van der Waals surface area contributed by atoms with Crippen molar-refractivity contribution in [1.29, 1.82) is 0 Å². The third-order valence-electron chi connectivity index (χ3n) is 3.79. The van der Waals surface area contributed by atoms with E-state index in [-0.39, 0.29) is 0 Å². The highest BCUT2D eigenvalue weighted by molar-refractivity contribution is 7.85. The highest BCUT2D eigenvalue weighted by Crippen LogP contribution is 2.47. The van der Waals surface area contributed by atoms with E-state index in [1.165, 1.54) is 12.1 Å². The minimum Gasteiger partial charge on any atom is -0.748 e. The maximum Gasteiger partial charge on any atom is 0.438 e. The van der Waals surface area contributed by atoms with Crippen molar-refractivity contribution in [3.05, 3.63) is 29.8 Å². The third kappa shape index (κ3) is 5.28. The van der Waals surface area contributed by atoms with Gasteiger partial charge in [-0.3, -0.25) is 0 Å². The summed E-state index contributed by atoms with van der Waals surface area (Å²) >= 11 is 0. The largest absolute Gasteiger partial charge is 0.748 e. The van der Waals surface area contributed by atoms with Gasteiger partial charge in [0.25, 0.3) is 0 Å². The third-order valence-corrected chi connectivity index (χ3v) is 4.55. The molecule has 1 rings (SSSR count). The van der Waals surface area contributed by atoms with Crippen LogP contribution in [-0.2, 0) is 14.9 Å². The molecule has 0 aliphatic heterocycles. The Morgan fingerprint density at radius 1 is 1.00 bits per heavy atom. The van der Waals surface area contributed by atoms with Gasteiger partial charge in [0.2, 0.25) is 0 Å². The van der Waals surface area contributed by atoms with E-state index in [4.69, 9.17) is 0 Å². The molecule has 160 valence electrons. The molecule has 1 aromatic rings. The Labute approximate surface area is 156 Å². The fourth-order valence-corrected chi connectivity index (χ4v) is 3.22. The van der Waals surface area contributed by atoms with Crippen LogP contribution in [0.1, 0.15) is 24.2 Å². The number of rotatable bonds is 7. The van der Waals surface area contributed by atoms with Gasteiger partial charge in [-0.2, -0.15) is 26.3 Å². The molecule has 0 atom stereocenters. The molecule has 0 heterocycles. The Morgan fingerprint density at radius 2 is 1.43 bits per heavy atom. The summed E-state index contributed by atoms with van der Waals surface area (Å²) < 4.78 is 114. The lowest BCUT2D eigenvalue weighted by Gasteiger charge is -2.36. The van der Waals surface area contributed by atoms with Gasteiger partial charge in [-0.25, -0.2) is 13.2 Å². The summed E-state index contributed by atoms with van der Waals surface area (Å²) in [5.41, 5.74) is -5.63. The number of alkyl halides is 6. The van der Waals surface area contributed by atoms with Crippen LogP contribution >= 0.6 is 0 Å². The van der Waals surface area contributed by atoms with Crippen LogP contribution in [0.4, 0.5) is 32.0 Å². The fourth-order valence-electron chi connectivity index (χ4n) is 2.33. The molecule has 0 fully saturated rings. The van der Waals surface area contributed by atoms with E-state index >= 15 is 0 Å². The summed E-state index contributed by atoms with van der Waals surface area (Å²) in [7, 11) is -6.07. The number of ether oxygens (including phenoxy) is 1. The maximum atomic E-state index is 13.1. The summed E-state index contributed by atoms with van der Waals surface area (Å²) in [5, 5.41) is 0. The van der Waals surface area contributed by atoms with Crippen molar-refractivity contribution in [2.24, 2.45) is 0 Å². The first kappa shape index (κ1) is 24.0. The van der Waals surface area contributed by atoms with E-state index in [0.29, 0.717) is 18.8 Å². The molecule has 13 heteroatoms. The summed E-state index contributed by atoms with van der Waals surface area (Å²) in [5.74, 6) is -5.11. The molecular formula is C15H16F6NO5S-. The van der Waals surface area contributed by atoms with E-state index in [9.17, 15) is 44.1 Å². The van der Waals surface area contributed by atoms with Gasteiger partial charge in [-0.1, -0.05) is 0 Å². The molecule has 0 saturated heterocycles. The molecule has 0 saturated carbocycles. The Bertz CT molecular complexity index is 771. The van der Waals surface area contributed by atoms with Crippen molar-refractivity contribution in [2.75, 3.05) is 23.7 Å². The fraction of sp³-hybridized carbons (Fsp3) is 0.533. The summed E-state index contributed by atoms with van der Waals surface area (Å²) in [6.07, 6.45) is -12.8. The van der Waals surface area contributed by atoms with Gasteiger partial charge in [-0.15, -0.1) is 0 Å². The normalized spacial score (nSPS) is 13.3. The molecule has 0 amide bonds. The highest BCUT2D eigenvalue weighted by atomic mass is 32.2. The van der Waals surface area contributed by atoms with Crippen LogP contribution in [0.3, 0.4) is 0 Å². The van der Waals surface area contributed by atoms with Gasteiger partial charge >= 0.3 is 23.9 Å². The smallest absolute Gasteiger partial charge is 0.438 e. The standard InChI is InChI=1S/C15H17F6NO5S/c1-3-22(4-2)11-7-5-10(6-8-11)12(23)27-13(14(16,17)18,15(19,20)21)9-28(24,25)26/h5-8H,3-4,9H2,1-2H3,(H,24,25,26)/p-1. The predicted molar refractivity (Wildman–Crippen MR) is 84.8 cm³/mol. The SMILES string of the molecule is CCN(CC)c1ccc(C(=O)OC(CS(=O)(=O)[O-])(C(F)(F)F)C(F)(F)F)cc1. The quantitative estimate of drug-likeness (QED) is 0.371. The van der Waals surface area contributed by atoms with Gasteiger partial charge in [-0.05, 0) is 38.1 Å². The molecule has 0 N–H and O–H groups in total. The summed E-state index contributed by atoms with van der Waals surface area (Å²) in [4.78, 5) is 13.7. The molecule has 0 aromatic heterocycles. The van der Waals surface area contributed by atoms with E-state index in [2.05, 4.69) is 4.74 Å². The molecule has 1 aromatic carbocycles. The second kappa shape index (κ2) is 8.15. The summed E-state index contributed by atoms with van der Waals surface area (Å²) in [6.45, 7) is 4.70. The van der Waals surface area contributed by atoms with Crippen LogP contribution in [0.25, 0.3) is 0 Å². The molecule has 0 unspecified atom stereocenters.